The van der Waals surface area contributed by atoms with Gasteiger partial charge in [-0.1, -0.05) is 12.1 Å². The van der Waals surface area contributed by atoms with Gasteiger partial charge in [0.2, 0.25) is 5.95 Å². The Kier molecular flexibility index (Phi) is 6.01. The normalized spacial score (nSPS) is 13.7. The number of anilines is 1. The van der Waals surface area contributed by atoms with Crippen LogP contribution in [-0.4, -0.2) is 63.6 Å². The molecule has 5 rings (SSSR count). The molecule has 10 nitrogen and oxygen atoms in total. The molecule has 4 aromatic rings. The molecule has 178 valence electrons. The Hall–Kier alpha value is -4.47. The molecule has 1 fully saturated rings. The summed E-state index contributed by atoms with van der Waals surface area (Å²) in [7, 11) is 1.52. The molecule has 3 heterocycles. The predicted octanol–water partition coefficient (Wildman–Crippen LogP) is 1.50. The number of aromatic nitrogens is 4. The van der Waals surface area contributed by atoms with E-state index in [0.29, 0.717) is 54.3 Å². The number of carbonyl (C=O) groups excluding carboxylic acids is 1. The summed E-state index contributed by atoms with van der Waals surface area (Å²) in [6.45, 7) is 2.63. The lowest BCUT2D eigenvalue weighted by molar-refractivity contribution is 0.0746. The first kappa shape index (κ1) is 22.3. The molecule has 1 aliphatic rings. The van der Waals surface area contributed by atoms with E-state index in [1.165, 1.54) is 11.7 Å². The number of nitrogens with zero attached hydrogens (tertiary/aromatic N) is 5. The Morgan fingerprint density at radius 3 is 2.51 bits per heavy atom. The first-order chi connectivity index (χ1) is 17.0. The Bertz CT molecular complexity index is 1490. The van der Waals surface area contributed by atoms with Crippen LogP contribution in [0.1, 0.15) is 15.9 Å². The topological polar surface area (TPSA) is 113 Å². The Morgan fingerprint density at radius 2 is 1.77 bits per heavy atom. The van der Waals surface area contributed by atoms with E-state index in [1.54, 1.807) is 54.9 Å². The van der Waals surface area contributed by atoms with E-state index < -0.39 is 11.2 Å². The Labute approximate surface area is 200 Å². The van der Waals surface area contributed by atoms with Gasteiger partial charge in [-0.15, -0.1) is 0 Å². The van der Waals surface area contributed by atoms with Gasteiger partial charge in [0.1, 0.15) is 5.75 Å². The maximum Gasteiger partial charge on any atom is 0.329 e. The van der Waals surface area contributed by atoms with Gasteiger partial charge < -0.3 is 14.5 Å². The molecule has 1 aliphatic heterocycles. The molecule has 0 aliphatic carbocycles. The van der Waals surface area contributed by atoms with Crippen molar-refractivity contribution in [2.24, 2.45) is 0 Å². The predicted molar refractivity (Wildman–Crippen MR) is 131 cm³/mol. The highest BCUT2D eigenvalue weighted by molar-refractivity contribution is 5.94. The maximum atomic E-state index is 13.2. The molecule has 2 aromatic heterocycles. The van der Waals surface area contributed by atoms with Crippen LogP contribution < -0.4 is 20.9 Å². The standard InChI is InChI=1S/C25H24N6O4/c1-35-19-6-7-21-20(15-19)22(32)28-25(34)31(21)16-17-4-2-5-18(14-17)23(33)29-10-12-30(13-11-29)24-26-8-3-9-27-24/h2-9,14-15H,10-13,16H2,1H3,(H,28,32,34). The number of benzene rings is 2. The van der Waals surface area contributed by atoms with Gasteiger partial charge in [-0.05, 0) is 42.0 Å². The molecule has 1 N–H and O–H groups in total. The van der Waals surface area contributed by atoms with Crippen LogP contribution in [0.4, 0.5) is 5.95 Å². The summed E-state index contributed by atoms with van der Waals surface area (Å²) >= 11 is 0. The number of methoxy groups -OCH3 is 1. The average Bonchev–Trinajstić information content (AvgIpc) is 2.91. The molecule has 10 heteroatoms. The fourth-order valence-corrected chi connectivity index (χ4v) is 4.29. The van der Waals surface area contributed by atoms with E-state index >= 15 is 0 Å². The minimum atomic E-state index is -0.511. The quantitative estimate of drug-likeness (QED) is 0.468. The molecule has 0 radical (unpaired) electrons. The van der Waals surface area contributed by atoms with Gasteiger partial charge in [0.05, 0.1) is 24.6 Å². The number of hydrogen-bond donors (Lipinski definition) is 1. The van der Waals surface area contributed by atoms with E-state index in [4.69, 9.17) is 4.74 Å². The summed E-state index contributed by atoms with van der Waals surface area (Å²) in [4.78, 5) is 52.9. The van der Waals surface area contributed by atoms with Crippen molar-refractivity contribution in [1.29, 1.82) is 0 Å². The lowest BCUT2D eigenvalue weighted by atomic mass is 10.1. The van der Waals surface area contributed by atoms with Crippen LogP contribution in [0, 0.1) is 0 Å². The van der Waals surface area contributed by atoms with Gasteiger partial charge in [0.25, 0.3) is 11.5 Å². The number of ether oxygens (including phenoxy) is 1. The number of nitrogens with one attached hydrogen (secondary N) is 1. The lowest BCUT2D eigenvalue weighted by Crippen LogP contribution is -2.49. The first-order valence-corrected chi connectivity index (χ1v) is 11.2. The van der Waals surface area contributed by atoms with Crippen molar-refractivity contribution in [3.05, 3.63) is 92.9 Å². The van der Waals surface area contributed by atoms with Crippen LogP contribution in [0.5, 0.6) is 5.75 Å². The van der Waals surface area contributed by atoms with Gasteiger partial charge in [0, 0.05) is 44.1 Å². The zero-order valence-electron chi connectivity index (χ0n) is 19.2. The summed E-state index contributed by atoms with van der Waals surface area (Å²) in [6, 6.07) is 14.0. The molecule has 0 spiro atoms. The Balaban J connectivity index is 1.36. The molecular weight excluding hydrogens is 448 g/mol. The zero-order valence-corrected chi connectivity index (χ0v) is 19.2. The first-order valence-electron chi connectivity index (χ1n) is 11.2. The SMILES string of the molecule is COc1ccc2c(c1)c(=O)[nH]c(=O)n2Cc1cccc(C(=O)N2CCN(c3ncccn3)CC2)c1. The summed E-state index contributed by atoms with van der Waals surface area (Å²) in [5.74, 6) is 1.13. The number of rotatable bonds is 5. The van der Waals surface area contributed by atoms with E-state index in [2.05, 4.69) is 19.9 Å². The fraction of sp³-hybridized carbons (Fsp3) is 0.240. The van der Waals surface area contributed by atoms with Crippen molar-refractivity contribution in [3.8, 4) is 5.75 Å². The number of amides is 1. The largest absolute Gasteiger partial charge is 0.497 e. The van der Waals surface area contributed by atoms with Gasteiger partial charge >= 0.3 is 5.69 Å². The van der Waals surface area contributed by atoms with Crippen LogP contribution in [0.3, 0.4) is 0 Å². The van der Waals surface area contributed by atoms with Crippen LogP contribution in [-0.2, 0) is 6.54 Å². The summed E-state index contributed by atoms with van der Waals surface area (Å²) in [5.41, 5.74) is 0.845. The molecule has 0 atom stereocenters. The molecule has 0 saturated carbocycles. The van der Waals surface area contributed by atoms with Crippen molar-refractivity contribution in [2.75, 3.05) is 38.2 Å². The average molecular weight is 473 g/mol. The highest BCUT2D eigenvalue weighted by atomic mass is 16.5. The van der Waals surface area contributed by atoms with Crippen molar-refractivity contribution >= 4 is 22.8 Å². The van der Waals surface area contributed by atoms with Gasteiger partial charge in [0.15, 0.2) is 0 Å². The third-order valence-corrected chi connectivity index (χ3v) is 6.12. The highest BCUT2D eigenvalue weighted by Crippen LogP contribution is 2.18. The monoisotopic (exact) mass is 472 g/mol. The molecule has 0 unspecified atom stereocenters. The molecule has 1 amide bonds. The van der Waals surface area contributed by atoms with Crippen molar-refractivity contribution in [1.82, 2.24) is 24.4 Å². The van der Waals surface area contributed by atoms with Crippen LogP contribution >= 0.6 is 0 Å². The molecular formula is C25H24N6O4. The fourth-order valence-electron chi connectivity index (χ4n) is 4.29. The van der Waals surface area contributed by atoms with Gasteiger partial charge in [-0.3, -0.25) is 19.1 Å². The zero-order chi connectivity index (χ0) is 24.4. The minimum Gasteiger partial charge on any atom is -0.497 e. The van der Waals surface area contributed by atoms with Crippen LogP contribution in [0.15, 0.2) is 70.5 Å². The van der Waals surface area contributed by atoms with Gasteiger partial charge in [-0.2, -0.15) is 0 Å². The van der Waals surface area contributed by atoms with Crippen LogP contribution in [0.2, 0.25) is 0 Å². The van der Waals surface area contributed by atoms with Crippen LogP contribution in [0.25, 0.3) is 10.9 Å². The number of carbonyl (C=O) groups is 1. The highest BCUT2D eigenvalue weighted by Gasteiger charge is 2.23. The lowest BCUT2D eigenvalue weighted by Gasteiger charge is -2.34. The number of aromatic amines is 1. The molecule has 0 bridgehead atoms. The maximum absolute atomic E-state index is 13.2. The van der Waals surface area contributed by atoms with Crippen molar-refractivity contribution in [3.63, 3.8) is 0 Å². The number of hydrogen-bond acceptors (Lipinski definition) is 7. The summed E-state index contributed by atoms with van der Waals surface area (Å²) in [5, 5.41) is 0.358. The molecule has 35 heavy (non-hydrogen) atoms. The summed E-state index contributed by atoms with van der Waals surface area (Å²) < 4.78 is 6.69. The van der Waals surface area contributed by atoms with E-state index in [-0.39, 0.29) is 12.5 Å². The third-order valence-electron chi connectivity index (χ3n) is 6.12. The molecule has 1 saturated heterocycles. The number of H-pyrrole nitrogens is 1. The van der Waals surface area contributed by atoms with E-state index in [0.717, 1.165) is 5.56 Å². The minimum absolute atomic E-state index is 0.0658. The van der Waals surface area contributed by atoms with Crippen molar-refractivity contribution in [2.45, 2.75) is 6.54 Å². The second-order valence-electron chi connectivity index (χ2n) is 8.26. The second-order valence-corrected chi connectivity index (χ2v) is 8.26. The van der Waals surface area contributed by atoms with Crippen molar-refractivity contribution < 1.29 is 9.53 Å². The summed E-state index contributed by atoms with van der Waals surface area (Å²) in [6.07, 6.45) is 3.41. The third kappa shape index (κ3) is 4.50. The second kappa shape index (κ2) is 9.41. The number of piperazine rings is 1. The Morgan fingerprint density at radius 1 is 1.00 bits per heavy atom. The smallest absolute Gasteiger partial charge is 0.329 e. The van der Waals surface area contributed by atoms with Gasteiger partial charge in [-0.25, -0.2) is 14.8 Å². The molecule has 2 aromatic carbocycles. The van der Waals surface area contributed by atoms with E-state index in [1.807, 2.05) is 11.0 Å². The van der Waals surface area contributed by atoms with E-state index in [9.17, 15) is 14.4 Å². The number of fused-ring (bicyclic) bond motifs is 1.